The van der Waals surface area contributed by atoms with Crippen molar-refractivity contribution in [1.29, 1.82) is 0 Å². The standard InChI is InChI=1S/C20H17ClFN3O5/c1-20(11-2-5-15-16(8-11)30-7-6-29-15)18(27)25(19(28)24-20)10-17(26)23-14-9-12(21)3-4-13(14)22/h2-5,8-9H,6-7,10H2,1H3,(H,23,26)(H,24,28)/t20-/m0/s1. The number of nitrogens with one attached hydrogen (secondary N) is 2. The van der Waals surface area contributed by atoms with E-state index in [4.69, 9.17) is 21.1 Å². The van der Waals surface area contributed by atoms with Crippen molar-refractivity contribution in [3.63, 3.8) is 0 Å². The van der Waals surface area contributed by atoms with Gasteiger partial charge in [0.1, 0.15) is 31.1 Å². The van der Waals surface area contributed by atoms with Crippen molar-refractivity contribution in [2.45, 2.75) is 12.5 Å². The molecular formula is C20H17ClFN3O5. The number of carbonyl (C=O) groups is 3. The van der Waals surface area contributed by atoms with Crippen molar-refractivity contribution in [1.82, 2.24) is 10.2 Å². The van der Waals surface area contributed by atoms with Crippen molar-refractivity contribution in [2.24, 2.45) is 0 Å². The third-order valence-electron chi connectivity index (χ3n) is 4.90. The summed E-state index contributed by atoms with van der Waals surface area (Å²) in [5.74, 6) is -1.04. The summed E-state index contributed by atoms with van der Waals surface area (Å²) in [7, 11) is 0. The highest BCUT2D eigenvalue weighted by atomic mass is 35.5. The van der Waals surface area contributed by atoms with Gasteiger partial charge in [-0.1, -0.05) is 17.7 Å². The van der Waals surface area contributed by atoms with Gasteiger partial charge >= 0.3 is 6.03 Å². The van der Waals surface area contributed by atoms with Crippen LogP contribution in [0.15, 0.2) is 36.4 Å². The van der Waals surface area contributed by atoms with Gasteiger partial charge in [-0.2, -0.15) is 0 Å². The van der Waals surface area contributed by atoms with Crippen molar-refractivity contribution in [3.8, 4) is 11.5 Å². The van der Waals surface area contributed by atoms with E-state index in [2.05, 4.69) is 10.6 Å². The number of anilines is 1. The molecule has 2 aliphatic rings. The predicted molar refractivity (Wildman–Crippen MR) is 105 cm³/mol. The zero-order valence-corrected chi connectivity index (χ0v) is 16.6. The number of ether oxygens (including phenoxy) is 2. The minimum absolute atomic E-state index is 0.144. The number of nitrogens with zero attached hydrogens (tertiary/aromatic N) is 1. The number of hydrogen-bond acceptors (Lipinski definition) is 5. The lowest BCUT2D eigenvalue weighted by Gasteiger charge is -2.25. The highest BCUT2D eigenvalue weighted by Crippen LogP contribution is 2.36. The summed E-state index contributed by atoms with van der Waals surface area (Å²) >= 11 is 5.81. The number of imide groups is 1. The molecule has 1 fully saturated rings. The summed E-state index contributed by atoms with van der Waals surface area (Å²) in [6.07, 6.45) is 0. The van der Waals surface area contributed by atoms with Crippen LogP contribution in [-0.2, 0) is 15.1 Å². The average Bonchev–Trinajstić information content (AvgIpc) is 2.94. The molecule has 2 heterocycles. The molecule has 0 unspecified atom stereocenters. The molecule has 0 bridgehead atoms. The summed E-state index contributed by atoms with van der Waals surface area (Å²) in [5.41, 5.74) is -1.06. The van der Waals surface area contributed by atoms with E-state index in [0.717, 1.165) is 11.0 Å². The fraction of sp³-hybridized carbons (Fsp3) is 0.250. The van der Waals surface area contributed by atoms with Crippen LogP contribution in [-0.4, -0.2) is 42.5 Å². The molecule has 8 nitrogen and oxygen atoms in total. The van der Waals surface area contributed by atoms with Crippen LogP contribution < -0.4 is 20.1 Å². The van der Waals surface area contributed by atoms with Crippen LogP contribution in [0, 0.1) is 5.82 Å². The van der Waals surface area contributed by atoms with Gasteiger partial charge in [-0.25, -0.2) is 9.18 Å². The zero-order chi connectivity index (χ0) is 21.5. The lowest BCUT2D eigenvalue weighted by Crippen LogP contribution is -2.42. The van der Waals surface area contributed by atoms with E-state index in [9.17, 15) is 18.8 Å². The van der Waals surface area contributed by atoms with E-state index in [1.807, 2.05) is 0 Å². The van der Waals surface area contributed by atoms with Crippen LogP contribution in [0.5, 0.6) is 11.5 Å². The van der Waals surface area contributed by atoms with Gasteiger partial charge in [-0.05, 0) is 42.8 Å². The Morgan fingerprint density at radius 2 is 1.93 bits per heavy atom. The van der Waals surface area contributed by atoms with Crippen LogP contribution in [0.2, 0.25) is 5.02 Å². The second-order valence-electron chi connectivity index (χ2n) is 6.98. The lowest BCUT2D eigenvalue weighted by molar-refractivity contribution is -0.133. The molecule has 0 aromatic heterocycles. The Bertz CT molecular complexity index is 1060. The van der Waals surface area contributed by atoms with E-state index in [1.165, 1.54) is 19.1 Å². The molecule has 1 saturated heterocycles. The first-order chi connectivity index (χ1) is 14.3. The summed E-state index contributed by atoms with van der Waals surface area (Å²) in [6.45, 7) is 1.75. The fourth-order valence-electron chi connectivity index (χ4n) is 3.32. The SMILES string of the molecule is C[C@@]1(c2ccc3c(c2)OCCO3)NC(=O)N(CC(=O)Nc2cc(Cl)ccc2F)C1=O. The topological polar surface area (TPSA) is 97.0 Å². The third-order valence-corrected chi connectivity index (χ3v) is 5.13. The van der Waals surface area contributed by atoms with Gasteiger partial charge in [-0.15, -0.1) is 0 Å². The molecule has 0 saturated carbocycles. The number of carbonyl (C=O) groups excluding carboxylic acids is 3. The van der Waals surface area contributed by atoms with Crippen molar-refractivity contribution < 1.29 is 28.2 Å². The van der Waals surface area contributed by atoms with Crippen LogP contribution in [0.25, 0.3) is 0 Å². The minimum Gasteiger partial charge on any atom is -0.486 e. The maximum Gasteiger partial charge on any atom is 0.325 e. The Morgan fingerprint density at radius 1 is 1.20 bits per heavy atom. The van der Waals surface area contributed by atoms with E-state index in [-0.39, 0.29) is 10.7 Å². The molecule has 0 aliphatic carbocycles. The first-order valence-electron chi connectivity index (χ1n) is 9.07. The second-order valence-corrected chi connectivity index (χ2v) is 7.41. The number of hydrogen-bond donors (Lipinski definition) is 2. The van der Waals surface area contributed by atoms with Crippen LogP contribution in [0.3, 0.4) is 0 Å². The van der Waals surface area contributed by atoms with Crippen molar-refractivity contribution in [3.05, 3.63) is 52.8 Å². The molecule has 4 rings (SSSR count). The smallest absolute Gasteiger partial charge is 0.325 e. The van der Waals surface area contributed by atoms with Gasteiger partial charge < -0.3 is 20.1 Å². The number of halogens is 2. The molecule has 0 spiro atoms. The van der Waals surface area contributed by atoms with E-state index < -0.39 is 35.7 Å². The minimum atomic E-state index is -1.39. The Balaban J connectivity index is 1.52. The summed E-state index contributed by atoms with van der Waals surface area (Å²) in [4.78, 5) is 38.5. The highest BCUT2D eigenvalue weighted by molar-refractivity contribution is 6.30. The molecule has 156 valence electrons. The van der Waals surface area contributed by atoms with Crippen molar-refractivity contribution in [2.75, 3.05) is 25.1 Å². The number of amides is 4. The molecule has 1 atom stereocenters. The van der Waals surface area contributed by atoms with Gasteiger partial charge in [0.15, 0.2) is 11.5 Å². The van der Waals surface area contributed by atoms with Gasteiger partial charge in [0.2, 0.25) is 5.91 Å². The van der Waals surface area contributed by atoms with Gasteiger partial charge in [0.05, 0.1) is 5.69 Å². The molecule has 0 radical (unpaired) electrons. The molecule has 30 heavy (non-hydrogen) atoms. The summed E-state index contributed by atoms with van der Waals surface area (Å²) in [5, 5.41) is 5.16. The Hall–Kier alpha value is -3.33. The third kappa shape index (κ3) is 3.52. The Morgan fingerprint density at radius 3 is 2.70 bits per heavy atom. The van der Waals surface area contributed by atoms with Crippen molar-refractivity contribution >= 4 is 35.1 Å². The fourth-order valence-corrected chi connectivity index (χ4v) is 3.49. The van der Waals surface area contributed by atoms with Crippen LogP contribution in [0.1, 0.15) is 12.5 Å². The molecule has 2 aromatic rings. The molecule has 4 amide bonds. The van der Waals surface area contributed by atoms with Crippen LogP contribution in [0.4, 0.5) is 14.9 Å². The molecule has 2 aromatic carbocycles. The number of urea groups is 1. The molecule has 2 N–H and O–H groups in total. The Labute approximate surface area is 175 Å². The molecule has 2 aliphatic heterocycles. The number of benzene rings is 2. The average molecular weight is 434 g/mol. The first kappa shape index (κ1) is 20.0. The monoisotopic (exact) mass is 433 g/mol. The Kier molecular flexibility index (Phi) is 4.98. The zero-order valence-electron chi connectivity index (χ0n) is 15.8. The van der Waals surface area contributed by atoms with E-state index in [0.29, 0.717) is 30.3 Å². The normalized spacial score (nSPS) is 20.2. The summed E-state index contributed by atoms with van der Waals surface area (Å²) < 4.78 is 24.8. The maximum atomic E-state index is 13.8. The molecular weight excluding hydrogens is 417 g/mol. The predicted octanol–water partition coefficient (Wildman–Crippen LogP) is 2.66. The largest absolute Gasteiger partial charge is 0.486 e. The van der Waals surface area contributed by atoms with E-state index >= 15 is 0 Å². The lowest BCUT2D eigenvalue weighted by atomic mass is 9.91. The maximum absolute atomic E-state index is 13.8. The number of rotatable bonds is 4. The van der Waals surface area contributed by atoms with Gasteiger partial charge in [0.25, 0.3) is 5.91 Å². The highest BCUT2D eigenvalue weighted by Gasteiger charge is 2.49. The van der Waals surface area contributed by atoms with Crippen LogP contribution >= 0.6 is 11.6 Å². The van der Waals surface area contributed by atoms with Gasteiger partial charge in [-0.3, -0.25) is 14.5 Å². The first-order valence-corrected chi connectivity index (χ1v) is 9.45. The second kappa shape index (κ2) is 7.49. The molecule has 10 heteroatoms. The summed E-state index contributed by atoms with van der Waals surface area (Å²) in [6, 6.07) is 7.87. The van der Waals surface area contributed by atoms with Gasteiger partial charge in [0, 0.05) is 5.02 Å². The quantitative estimate of drug-likeness (QED) is 0.722. The number of fused-ring (bicyclic) bond motifs is 1. The van der Waals surface area contributed by atoms with E-state index in [1.54, 1.807) is 18.2 Å².